The van der Waals surface area contributed by atoms with Crippen LogP contribution >= 0.6 is 23.2 Å². The topological polar surface area (TPSA) is 37.4 Å². The second kappa shape index (κ2) is 4.27. The number of nitrogens with zero attached hydrogens (tertiary/aromatic N) is 1. The van der Waals surface area contributed by atoms with Gasteiger partial charge in [-0.25, -0.2) is 4.90 Å². The third kappa shape index (κ3) is 1.54. The van der Waals surface area contributed by atoms with Gasteiger partial charge in [-0.3, -0.25) is 9.59 Å². The van der Waals surface area contributed by atoms with Gasteiger partial charge in [-0.05, 0) is 61.1 Å². The zero-order valence-corrected chi connectivity index (χ0v) is 13.3. The van der Waals surface area contributed by atoms with Crippen LogP contribution in [0.2, 0.25) is 10.0 Å². The minimum absolute atomic E-state index is 0.0200. The largest absolute Gasteiger partial charge is 0.274 e. The van der Waals surface area contributed by atoms with Crippen LogP contribution in [-0.2, 0) is 9.59 Å². The molecule has 2 amide bonds. The van der Waals surface area contributed by atoms with Gasteiger partial charge in [-0.2, -0.15) is 0 Å². The zero-order chi connectivity index (χ0) is 15.2. The highest BCUT2D eigenvalue weighted by Gasteiger charge is 2.68. The molecule has 4 saturated carbocycles. The number of anilines is 1. The number of carbonyl (C=O) groups excluding carboxylic acids is 2. The van der Waals surface area contributed by atoms with Crippen LogP contribution in [0.15, 0.2) is 18.2 Å². The summed E-state index contributed by atoms with van der Waals surface area (Å²) in [5.74, 6) is 2.01. The first-order chi connectivity index (χ1) is 10.6. The molecule has 3 nitrogen and oxygen atoms in total. The normalized spacial score (nSPS) is 41.6. The molecule has 5 heteroatoms. The van der Waals surface area contributed by atoms with Crippen molar-refractivity contribution in [3.63, 3.8) is 0 Å². The molecule has 5 fully saturated rings. The lowest BCUT2D eigenvalue weighted by Gasteiger charge is -2.42. The monoisotopic (exact) mass is 335 g/mol. The smallest absolute Gasteiger partial charge is 0.237 e. The molecule has 0 radical (unpaired) electrons. The van der Waals surface area contributed by atoms with E-state index in [4.69, 9.17) is 23.2 Å². The fourth-order valence-electron chi connectivity index (χ4n) is 5.42. The maximum atomic E-state index is 12.9. The Morgan fingerprint density at radius 1 is 0.864 bits per heavy atom. The van der Waals surface area contributed by atoms with Crippen LogP contribution in [0.25, 0.3) is 0 Å². The molecular weight excluding hydrogens is 321 g/mol. The van der Waals surface area contributed by atoms with Crippen LogP contribution in [-0.4, -0.2) is 11.8 Å². The number of halogens is 2. The van der Waals surface area contributed by atoms with Gasteiger partial charge in [0, 0.05) is 0 Å². The van der Waals surface area contributed by atoms with Crippen LogP contribution in [0.1, 0.15) is 19.3 Å². The van der Waals surface area contributed by atoms with Gasteiger partial charge in [0.15, 0.2) is 0 Å². The maximum absolute atomic E-state index is 12.9. The number of imide groups is 1. The molecule has 1 aliphatic heterocycles. The zero-order valence-electron chi connectivity index (χ0n) is 11.8. The summed E-state index contributed by atoms with van der Waals surface area (Å²) in [5, 5.41) is 0.809. The van der Waals surface area contributed by atoms with Crippen molar-refractivity contribution in [2.75, 3.05) is 4.90 Å². The van der Waals surface area contributed by atoms with Crippen molar-refractivity contribution in [1.29, 1.82) is 0 Å². The van der Waals surface area contributed by atoms with Crippen molar-refractivity contribution >= 4 is 40.7 Å². The molecule has 1 heterocycles. The number of fused-ring (bicyclic) bond motifs is 1. The fourth-order valence-corrected chi connectivity index (χ4v) is 5.71. The molecule has 114 valence electrons. The number of amides is 2. The lowest BCUT2D eigenvalue weighted by molar-refractivity contribution is -0.129. The van der Waals surface area contributed by atoms with E-state index in [1.165, 1.54) is 11.3 Å². The van der Waals surface area contributed by atoms with Crippen molar-refractivity contribution in [3.8, 4) is 0 Å². The Kier molecular flexibility index (Phi) is 2.60. The van der Waals surface area contributed by atoms with E-state index in [9.17, 15) is 9.59 Å². The Morgan fingerprint density at radius 2 is 1.45 bits per heavy atom. The summed E-state index contributed by atoms with van der Waals surface area (Å²) in [5.41, 5.74) is 0.562. The molecule has 1 aromatic carbocycles. The van der Waals surface area contributed by atoms with Crippen LogP contribution in [0.5, 0.6) is 0 Å². The average Bonchev–Trinajstić information content (AvgIpc) is 3.28. The molecule has 4 aliphatic carbocycles. The highest BCUT2D eigenvalue weighted by Crippen LogP contribution is 2.68. The second-order valence-corrected chi connectivity index (χ2v) is 7.94. The van der Waals surface area contributed by atoms with Gasteiger partial charge in [0.05, 0.1) is 27.6 Å². The van der Waals surface area contributed by atoms with Crippen molar-refractivity contribution in [3.05, 3.63) is 28.2 Å². The SMILES string of the molecule is O=C1C2C3CCC(C4CC43)C2C(=O)N1c1ccc(Cl)c(Cl)c1. The van der Waals surface area contributed by atoms with Crippen molar-refractivity contribution in [2.24, 2.45) is 35.5 Å². The fraction of sp³-hybridized carbons (Fsp3) is 0.529. The Balaban J connectivity index is 1.57. The number of carbonyl (C=O) groups is 2. The summed E-state index contributed by atoms with van der Waals surface area (Å²) < 4.78 is 0. The Bertz CT molecular complexity index is 685. The second-order valence-electron chi connectivity index (χ2n) is 7.13. The molecule has 1 saturated heterocycles. The summed E-state index contributed by atoms with van der Waals surface area (Å²) in [4.78, 5) is 27.2. The molecule has 1 aromatic rings. The number of hydrogen-bond donors (Lipinski definition) is 0. The molecule has 22 heavy (non-hydrogen) atoms. The summed E-state index contributed by atoms with van der Waals surface area (Å²) in [6.07, 6.45) is 3.46. The van der Waals surface area contributed by atoms with Crippen molar-refractivity contribution in [2.45, 2.75) is 19.3 Å². The third-order valence-corrected chi connectivity index (χ3v) is 7.05. The molecule has 0 N–H and O–H groups in total. The van der Waals surface area contributed by atoms with Crippen LogP contribution in [0.3, 0.4) is 0 Å². The summed E-state index contributed by atoms with van der Waals surface area (Å²) in [6, 6.07) is 4.98. The Morgan fingerprint density at radius 3 is 2.00 bits per heavy atom. The van der Waals surface area contributed by atoms with Crippen LogP contribution in [0, 0.1) is 35.5 Å². The van der Waals surface area contributed by atoms with Gasteiger partial charge in [-0.15, -0.1) is 0 Å². The third-order valence-electron chi connectivity index (χ3n) is 6.31. The van der Waals surface area contributed by atoms with Gasteiger partial charge in [0.1, 0.15) is 0 Å². The number of rotatable bonds is 1. The van der Waals surface area contributed by atoms with E-state index >= 15 is 0 Å². The Labute approximate surface area is 138 Å². The van der Waals surface area contributed by atoms with E-state index in [-0.39, 0.29) is 23.7 Å². The number of benzene rings is 1. The van der Waals surface area contributed by atoms with Gasteiger partial charge in [0.2, 0.25) is 11.8 Å². The maximum Gasteiger partial charge on any atom is 0.237 e. The lowest BCUT2D eigenvalue weighted by Crippen LogP contribution is -2.43. The molecule has 0 spiro atoms. The molecular formula is C17H15Cl2NO2. The summed E-state index contributed by atoms with van der Waals surface area (Å²) in [7, 11) is 0. The van der Waals surface area contributed by atoms with Crippen molar-refractivity contribution in [1.82, 2.24) is 0 Å². The van der Waals surface area contributed by atoms with E-state index in [1.807, 2.05) is 0 Å². The summed E-state index contributed by atoms with van der Waals surface area (Å²) >= 11 is 12.0. The standard InChI is InChI=1S/C17H15Cl2NO2/c18-12-4-1-7(5-13(12)19)20-16(21)14-8-2-3-9(11-6-10(8)11)15(14)17(20)22/h1,4-5,8-11,14-15H,2-3,6H2. The van der Waals surface area contributed by atoms with E-state index in [0.29, 0.717) is 39.4 Å². The minimum Gasteiger partial charge on any atom is -0.274 e. The average molecular weight is 336 g/mol. The molecule has 6 rings (SSSR count). The van der Waals surface area contributed by atoms with Gasteiger partial charge in [0.25, 0.3) is 0 Å². The van der Waals surface area contributed by atoms with E-state index in [1.54, 1.807) is 18.2 Å². The van der Waals surface area contributed by atoms with Crippen LogP contribution in [0.4, 0.5) is 5.69 Å². The highest BCUT2D eigenvalue weighted by atomic mass is 35.5. The first-order valence-corrected chi connectivity index (χ1v) is 8.66. The van der Waals surface area contributed by atoms with E-state index in [2.05, 4.69) is 0 Å². The van der Waals surface area contributed by atoms with Crippen LogP contribution < -0.4 is 4.90 Å². The number of hydrogen-bond acceptors (Lipinski definition) is 2. The molecule has 2 bridgehead atoms. The highest BCUT2D eigenvalue weighted by molar-refractivity contribution is 6.42. The Hall–Kier alpha value is -1.06. The predicted molar refractivity (Wildman–Crippen MR) is 83.7 cm³/mol. The molecule has 6 atom stereocenters. The minimum atomic E-state index is -0.0931. The van der Waals surface area contributed by atoms with Gasteiger partial charge < -0.3 is 0 Å². The van der Waals surface area contributed by atoms with Gasteiger partial charge in [-0.1, -0.05) is 23.2 Å². The molecule has 5 aliphatic rings. The first kappa shape index (κ1) is 13.4. The quantitative estimate of drug-likeness (QED) is 0.732. The van der Waals surface area contributed by atoms with Crippen molar-refractivity contribution < 1.29 is 9.59 Å². The van der Waals surface area contributed by atoms with E-state index < -0.39 is 0 Å². The molecule has 6 unspecified atom stereocenters. The van der Waals surface area contributed by atoms with Gasteiger partial charge >= 0.3 is 0 Å². The summed E-state index contributed by atoms with van der Waals surface area (Å²) in [6.45, 7) is 0. The van der Waals surface area contributed by atoms with E-state index in [0.717, 1.165) is 12.8 Å². The lowest BCUT2D eigenvalue weighted by atomic mass is 9.59. The molecule has 0 aromatic heterocycles. The first-order valence-electron chi connectivity index (χ1n) is 7.91. The predicted octanol–water partition coefficient (Wildman–Crippen LogP) is 3.77.